The third-order valence-electron chi connectivity index (χ3n) is 3.28. The molecule has 0 aliphatic carbocycles. The van der Waals surface area contributed by atoms with E-state index in [1.54, 1.807) is 0 Å². The van der Waals surface area contributed by atoms with Crippen molar-refractivity contribution in [1.29, 1.82) is 0 Å². The van der Waals surface area contributed by atoms with Gasteiger partial charge in [0.15, 0.2) is 5.96 Å². The van der Waals surface area contributed by atoms with Gasteiger partial charge < -0.3 is 16.4 Å². The molecule has 4 nitrogen and oxygen atoms in total. The first kappa shape index (κ1) is 18.1. The van der Waals surface area contributed by atoms with Crippen molar-refractivity contribution >= 4 is 42.1 Å². The maximum atomic E-state index is 5.69. The van der Waals surface area contributed by atoms with Crippen LogP contribution in [0.5, 0.6) is 0 Å². The summed E-state index contributed by atoms with van der Waals surface area (Å²) in [4.78, 5) is 4.31. The molecular weight excluding hydrogens is 319 g/mol. The molecule has 22 heavy (non-hydrogen) atoms. The smallest absolute Gasteiger partial charge is 0.195 e. The number of nitrogens with two attached hydrogens (primary N) is 1. The van der Waals surface area contributed by atoms with Gasteiger partial charge in [-0.15, -0.1) is 24.8 Å². The largest absolute Gasteiger partial charge is 0.399 e. The number of nitrogens with zero attached hydrogens (tertiary/aromatic N) is 1. The zero-order chi connectivity index (χ0) is 13.8. The minimum Gasteiger partial charge on any atom is -0.399 e. The Balaban J connectivity index is 0.00000121. The van der Waals surface area contributed by atoms with Crippen LogP contribution >= 0.6 is 24.8 Å². The number of aliphatic imine (C=N–C) groups is 1. The van der Waals surface area contributed by atoms with Crippen LogP contribution in [0.15, 0.2) is 53.5 Å². The molecule has 118 valence electrons. The second-order valence-corrected chi connectivity index (χ2v) is 4.90. The van der Waals surface area contributed by atoms with Crippen LogP contribution in [0.25, 0.3) is 0 Å². The molecule has 2 aromatic carbocycles. The van der Waals surface area contributed by atoms with Crippen LogP contribution in [0.1, 0.15) is 11.1 Å². The van der Waals surface area contributed by atoms with Crippen molar-refractivity contribution in [1.82, 2.24) is 5.32 Å². The molecule has 0 amide bonds. The van der Waals surface area contributed by atoms with Gasteiger partial charge in [-0.25, -0.2) is 0 Å². The minimum absolute atomic E-state index is 0. The first-order chi connectivity index (χ1) is 9.79. The Labute approximate surface area is 143 Å². The topological polar surface area (TPSA) is 62.4 Å². The third-order valence-corrected chi connectivity index (χ3v) is 3.28. The van der Waals surface area contributed by atoms with Gasteiger partial charge in [-0.3, -0.25) is 4.99 Å². The van der Waals surface area contributed by atoms with Crippen molar-refractivity contribution in [3.8, 4) is 0 Å². The highest BCUT2D eigenvalue weighted by atomic mass is 35.5. The zero-order valence-electron chi connectivity index (χ0n) is 12.1. The molecule has 6 heteroatoms. The summed E-state index contributed by atoms with van der Waals surface area (Å²) in [6, 6.07) is 16.4. The van der Waals surface area contributed by atoms with Gasteiger partial charge in [0.25, 0.3) is 0 Å². The predicted octanol–water partition coefficient (Wildman–Crippen LogP) is 3.07. The molecule has 0 atom stereocenters. The highest BCUT2D eigenvalue weighted by Crippen LogP contribution is 2.15. The summed E-state index contributed by atoms with van der Waals surface area (Å²) in [5.74, 6) is 0.858. The maximum Gasteiger partial charge on any atom is 0.195 e. The van der Waals surface area contributed by atoms with Gasteiger partial charge in [-0.2, -0.15) is 0 Å². The van der Waals surface area contributed by atoms with Gasteiger partial charge in [-0.05, 0) is 41.8 Å². The molecule has 0 saturated heterocycles. The van der Waals surface area contributed by atoms with Gasteiger partial charge >= 0.3 is 0 Å². The molecule has 0 unspecified atom stereocenters. The second-order valence-electron chi connectivity index (χ2n) is 4.90. The van der Waals surface area contributed by atoms with Crippen LogP contribution in [0.2, 0.25) is 0 Å². The van der Waals surface area contributed by atoms with E-state index in [9.17, 15) is 0 Å². The van der Waals surface area contributed by atoms with Crippen molar-refractivity contribution in [2.75, 3.05) is 24.1 Å². The number of nitrogen functional groups attached to an aromatic ring is 1. The first-order valence-electron chi connectivity index (χ1n) is 6.78. The number of rotatable bonds is 3. The molecule has 0 spiro atoms. The van der Waals surface area contributed by atoms with Gasteiger partial charge in [0.1, 0.15) is 0 Å². The quantitative estimate of drug-likeness (QED) is 0.753. The summed E-state index contributed by atoms with van der Waals surface area (Å²) in [5, 5.41) is 6.45. The standard InChI is InChI=1S/C16H18N4.2ClH/c17-14-5-1-12(2-6-14)11-13-3-7-15(8-4-13)20-16-18-9-10-19-16;;/h1-8H,9-11,17H2,(H2,18,19,20);2*1H. The lowest BCUT2D eigenvalue weighted by atomic mass is 10.0. The third kappa shape index (κ3) is 4.83. The fourth-order valence-corrected chi connectivity index (χ4v) is 2.20. The number of guanidine groups is 1. The maximum absolute atomic E-state index is 5.69. The van der Waals surface area contributed by atoms with Crippen LogP contribution in [0, 0.1) is 0 Å². The SMILES string of the molecule is Cl.Cl.Nc1ccc(Cc2ccc(NC3=NCCN3)cc2)cc1. The summed E-state index contributed by atoms with van der Waals surface area (Å²) in [6.07, 6.45) is 0.916. The molecule has 2 aromatic rings. The lowest BCUT2D eigenvalue weighted by Crippen LogP contribution is -2.26. The van der Waals surface area contributed by atoms with E-state index < -0.39 is 0 Å². The van der Waals surface area contributed by atoms with Crippen LogP contribution < -0.4 is 16.4 Å². The van der Waals surface area contributed by atoms with Gasteiger partial charge in [0.2, 0.25) is 0 Å². The molecule has 0 bridgehead atoms. The molecule has 0 radical (unpaired) electrons. The number of hydrogen-bond donors (Lipinski definition) is 3. The van der Waals surface area contributed by atoms with Crippen LogP contribution in [-0.2, 0) is 6.42 Å². The average Bonchev–Trinajstić information content (AvgIpc) is 2.96. The highest BCUT2D eigenvalue weighted by Gasteiger charge is 2.04. The van der Waals surface area contributed by atoms with Crippen LogP contribution in [0.4, 0.5) is 11.4 Å². The van der Waals surface area contributed by atoms with E-state index in [-0.39, 0.29) is 24.8 Å². The molecule has 4 N–H and O–H groups in total. The molecule has 3 rings (SSSR count). The predicted molar refractivity (Wildman–Crippen MR) is 98.5 cm³/mol. The number of halogens is 2. The van der Waals surface area contributed by atoms with Crippen LogP contribution in [0.3, 0.4) is 0 Å². The van der Waals surface area contributed by atoms with E-state index in [0.717, 1.165) is 36.8 Å². The van der Waals surface area contributed by atoms with E-state index >= 15 is 0 Å². The van der Waals surface area contributed by atoms with Gasteiger partial charge in [0, 0.05) is 17.9 Å². The van der Waals surface area contributed by atoms with E-state index in [0.29, 0.717) is 0 Å². The van der Waals surface area contributed by atoms with E-state index in [4.69, 9.17) is 5.73 Å². The zero-order valence-corrected chi connectivity index (χ0v) is 13.7. The van der Waals surface area contributed by atoms with E-state index in [1.165, 1.54) is 11.1 Å². The Morgan fingerprint density at radius 2 is 1.55 bits per heavy atom. The lowest BCUT2D eigenvalue weighted by molar-refractivity contribution is 0.959. The van der Waals surface area contributed by atoms with Crippen molar-refractivity contribution in [2.24, 2.45) is 4.99 Å². The summed E-state index contributed by atoms with van der Waals surface area (Å²) in [6.45, 7) is 1.76. The monoisotopic (exact) mass is 338 g/mol. The number of hydrogen-bond acceptors (Lipinski definition) is 4. The first-order valence-corrected chi connectivity index (χ1v) is 6.78. The molecule has 1 aliphatic rings. The minimum atomic E-state index is 0. The summed E-state index contributed by atoms with van der Waals surface area (Å²) >= 11 is 0. The molecule has 0 saturated carbocycles. The van der Waals surface area contributed by atoms with E-state index in [2.05, 4.69) is 52.0 Å². The summed E-state index contributed by atoms with van der Waals surface area (Å²) < 4.78 is 0. The van der Waals surface area contributed by atoms with Crippen molar-refractivity contribution < 1.29 is 0 Å². The Kier molecular flexibility index (Phi) is 7.02. The number of nitrogens with one attached hydrogen (secondary N) is 2. The molecule has 0 fully saturated rings. The normalized spacial score (nSPS) is 12.5. The fourth-order valence-electron chi connectivity index (χ4n) is 2.20. The molecule has 1 heterocycles. The lowest BCUT2D eigenvalue weighted by Gasteiger charge is -2.08. The second kappa shape index (κ2) is 8.51. The summed E-state index contributed by atoms with van der Waals surface area (Å²) in [7, 11) is 0. The molecular formula is C16H20Cl2N4. The molecule has 1 aliphatic heterocycles. The van der Waals surface area contributed by atoms with Crippen molar-refractivity contribution in [3.63, 3.8) is 0 Å². The summed E-state index contributed by atoms with van der Waals surface area (Å²) in [5.41, 5.74) is 10.1. The number of anilines is 2. The average molecular weight is 339 g/mol. The van der Waals surface area contributed by atoms with E-state index in [1.807, 2.05) is 12.1 Å². The van der Waals surface area contributed by atoms with Crippen LogP contribution in [-0.4, -0.2) is 19.0 Å². The van der Waals surface area contributed by atoms with Crippen molar-refractivity contribution in [2.45, 2.75) is 6.42 Å². The molecule has 0 aromatic heterocycles. The Morgan fingerprint density at radius 3 is 2.09 bits per heavy atom. The number of benzene rings is 2. The fraction of sp³-hybridized carbons (Fsp3) is 0.188. The van der Waals surface area contributed by atoms with Crippen molar-refractivity contribution in [3.05, 3.63) is 59.7 Å². The highest BCUT2D eigenvalue weighted by molar-refractivity contribution is 5.94. The van der Waals surface area contributed by atoms with Gasteiger partial charge in [-0.1, -0.05) is 24.3 Å². The Bertz CT molecular complexity index is 609. The Hall–Kier alpha value is -1.91. The Morgan fingerprint density at radius 1 is 0.955 bits per heavy atom. The van der Waals surface area contributed by atoms with Gasteiger partial charge in [0.05, 0.1) is 6.54 Å².